The third-order valence-corrected chi connectivity index (χ3v) is 4.05. The normalized spacial score (nSPS) is 14.3. The zero-order valence-electron chi connectivity index (χ0n) is 13.1. The number of imidazole rings is 1. The van der Waals surface area contributed by atoms with Gasteiger partial charge >= 0.3 is 5.69 Å². The summed E-state index contributed by atoms with van der Waals surface area (Å²) in [6.07, 6.45) is 10.2. The number of hydrogen-bond donors (Lipinski definition) is 1. The average molecular weight is 318 g/mol. The number of hydrogen-bond acceptors (Lipinski definition) is 4. The smallest absolute Gasteiger partial charge is 0.346 e. The summed E-state index contributed by atoms with van der Waals surface area (Å²) in [4.78, 5) is 28.2. The van der Waals surface area contributed by atoms with Gasteiger partial charge in [0.15, 0.2) is 0 Å². The molecule has 2 aromatic heterocycles. The molecule has 0 aromatic carbocycles. The molecule has 0 unspecified atom stereocenters. The predicted molar refractivity (Wildman–Crippen MR) is 83.9 cm³/mol. The number of rotatable bonds is 6. The first-order valence-electron chi connectivity index (χ1n) is 8.13. The molecule has 0 aliphatic carbocycles. The molecular weight excluding hydrogens is 296 g/mol. The number of fused-ring (bicyclic) bond motifs is 1. The second kappa shape index (κ2) is 7.26. The van der Waals surface area contributed by atoms with E-state index >= 15 is 0 Å². The maximum absolute atomic E-state index is 12.3. The molecule has 1 aliphatic rings. The standard InChI is InChI=1S/C15H22N6O2/c22-14(17-6-4-8-19-10-7-16-12-19)11-21-15(23)20-9-3-1-2-5-13(20)18-21/h7,10,12H,1-6,8-9,11H2,(H,17,22). The highest BCUT2D eigenvalue weighted by Crippen LogP contribution is 2.10. The van der Waals surface area contributed by atoms with Crippen LogP contribution in [0.5, 0.6) is 0 Å². The molecule has 2 aromatic rings. The molecule has 3 rings (SSSR count). The minimum Gasteiger partial charge on any atom is -0.354 e. The summed E-state index contributed by atoms with van der Waals surface area (Å²) < 4.78 is 4.95. The molecular formula is C15H22N6O2. The third-order valence-electron chi connectivity index (χ3n) is 4.05. The number of nitrogens with zero attached hydrogens (tertiary/aromatic N) is 5. The van der Waals surface area contributed by atoms with Crippen molar-refractivity contribution < 1.29 is 4.79 Å². The molecule has 3 heterocycles. The lowest BCUT2D eigenvalue weighted by Gasteiger charge is -2.05. The fourth-order valence-electron chi connectivity index (χ4n) is 2.83. The molecule has 8 nitrogen and oxygen atoms in total. The summed E-state index contributed by atoms with van der Waals surface area (Å²) in [5.41, 5.74) is -0.171. The van der Waals surface area contributed by atoms with E-state index in [-0.39, 0.29) is 18.1 Å². The summed E-state index contributed by atoms with van der Waals surface area (Å²) in [6.45, 7) is 2.07. The van der Waals surface area contributed by atoms with Gasteiger partial charge in [0.05, 0.1) is 6.33 Å². The first-order valence-corrected chi connectivity index (χ1v) is 8.13. The van der Waals surface area contributed by atoms with Crippen molar-refractivity contribution in [3.63, 3.8) is 0 Å². The highest BCUT2D eigenvalue weighted by Gasteiger charge is 2.16. The van der Waals surface area contributed by atoms with Gasteiger partial charge in [0.1, 0.15) is 12.4 Å². The highest BCUT2D eigenvalue weighted by atomic mass is 16.2. The number of carbonyl (C=O) groups excluding carboxylic acids is 1. The van der Waals surface area contributed by atoms with Gasteiger partial charge in [-0.2, -0.15) is 5.10 Å². The molecule has 0 saturated carbocycles. The Morgan fingerprint density at radius 2 is 2.22 bits per heavy atom. The number of nitrogens with one attached hydrogen (secondary N) is 1. The zero-order valence-corrected chi connectivity index (χ0v) is 13.1. The maximum Gasteiger partial charge on any atom is 0.346 e. The summed E-state index contributed by atoms with van der Waals surface area (Å²) in [5, 5.41) is 7.14. The molecule has 0 fully saturated rings. The lowest BCUT2D eigenvalue weighted by molar-refractivity contribution is -0.121. The van der Waals surface area contributed by atoms with Crippen LogP contribution in [-0.2, 0) is 30.8 Å². The van der Waals surface area contributed by atoms with Crippen molar-refractivity contribution in [2.75, 3.05) is 6.54 Å². The Kier molecular flexibility index (Phi) is 4.89. The Bertz CT molecular complexity index is 700. The molecule has 1 N–H and O–H groups in total. The second-order valence-corrected chi connectivity index (χ2v) is 5.82. The SMILES string of the molecule is O=C(Cn1nc2n(c1=O)CCCCC2)NCCCn1ccnc1. The first kappa shape index (κ1) is 15.5. The fraction of sp³-hybridized carbons (Fsp3) is 0.600. The molecule has 0 radical (unpaired) electrons. The van der Waals surface area contributed by atoms with E-state index in [1.54, 1.807) is 17.1 Å². The Balaban J connectivity index is 1.49. The van der Waals surface area contributed by atoms with Crippen molar-refractivity contribution in [1.29, 1.82) is 0 Å². The summed E-state index contributed by atoms with van der Waals surface area (Å²) in [5.74, 6) is 0.631. The largest absolute Gasteiger partial charge is 0.354 e. The monoisotopic (exact) mass is 318 g/mol. The molecule has 124 valence electrons. The molecule has 0 atom stereocenters. The highest BCUT2D eigenvalue weighted by molar-refractivity contribution is 5.75. The van der Waals surface area contributed by atoms with Crippen molar-refractivity contribution in [1.82, 2.24) is 29.2 Å². The number of aryl methyl sites for hydroxylation is 2. The summed E-state index contributed by atoms with van der Waals surface area (Å²) in [7, 11) is 0. The van der Waals surface area contributed by atoms with E-state index in [4.69, 9.17) is 0 Å². The lowest BCUT2D eigenvalue weighted by atomic mass is 10.2. The predicted octanol–water partition coefficient (Wildman–Crippen LogP) is 0.174. The van der Waals surface area contributed by atoms with Crippen LogP contribution in [-0.4, -0.2) is 36.4 Å². The van der Waals surface area contributed by atoms with Crippen LogP contribution in [0.3, 0.4) is 0 Å². The van der Waals surface area contributed by atoms with Crippen molar-refractivity contribution in [3.05, 3.63) is 35.0 Å². The Labute approximate surface area is 134 Å². The van der Waals surface area contributed by atoms with Crippen LogP contribution in [0.4, 0.5) is 0 Å². The Morgan fingerprint density at radius 1 is 1.30 bits per heavy atom. The van der Waals surface area contributed by atoms with Crippen molar-refractivity contribution in [2.24, 2.45) is 0 Å². The van der Waals surface area contributed by atoms with Gasteiger partial charge in [0.25, 0.3) is 0 Å². The first-order chi connectivity index (χ1) is 11.2. The van der Waals surface area contributed by atoms with Crippen LogP contribution in [0, 0.1) is 0 Å². The van der Waals surface area contributed by atoms with E-state index in [1.165, 1.54) is 4.68 Å². The number of amides is 1. The van der Waals surface area contributed by atoms with Crippen molar-refractivity contribution >= 4 is 5.91 Å². The Hall–Kier alpha value is -2.38. The minimum absolute atomic E-state index is 0.0100. The van der Waals surface area contributed by atoms with Crippen LogP contribution >= 0.6 is 0 Å². The molecule has 0 spiro atoms. The van der Waals surface area contributed by atoms with Crippen molar-refractivity contribution in [3.8, 4) is 0 Å². The topological polar surface area (TPSA) is 86.7 Å². The third kappa shape index (κ3) is 3.88. The minimum atomic E-state index is -0.175. The lowest BCUT2D eigenvalue weighted by Crippen LogP contribution is -2.34. The van der Waals surface area contributed by atoms with Gasteiger partial charge < -0.3 is 9.88 Å². The molecule has 0 saturated heterocycles. The fourth-order valence-corrected chi connectivity index (χ4v) is 2.83. The van der Waals surface area contributed by atoms with Crippen LogP contribution in [0.2, 0.25) is 0 Å². The van der Waals surface area contributed by atoms with E-state index in [2.05, 4.69) is 15.4 Å². The van der Waals surface area contributed by atoms with Crippen LogP contribution in [0.1, 0.15) is 31.5 Å². The molecule has 8 heteroatoms. The van der Waals surface area contributed by atoms with Gasteiger partial charge in [-0.05, 0) is 19.3 Å². The van der Waals surface area contributed by atoms with E-state index in [0.29, 0.717) is 13.1 Å². The van der Waals surface area contributed by atoms with Crippen LogP contribution in [0.25, 0.3) is 0 Å². The number of aromatic nitrogens is 5. The van der Waals surface area contributed by atoms with Crippen LogP contribution < -0.4 is 11.0 Å². The summed E-state index contributed by atoms with van der Waals surface area (Å²) in [6, 6.07) is 0. The van der Waals surface area contributed by atoms with Gasteiger partial charge in [-0.1, -0.05) is 6.42 Å². The zero-order chi connectivity index (χ0) is 16.1. The quantitative estimate of drug-likeness (QED) is 0.770. The number of carbonyl (C=O) groups is 1. The molecule has 1 aliphatic heterocycles. The van der Waals surface area contributed by atoms with Gasteiger partial charge in [0.2, 0.25) is 5.91 Å². The average Bonchev–Trinajstić information content (AvgIpc) is 3.07. The Morgan fingerprint density at radius 3 is 3.04 bits per heavy atom. The van der Waals surface area contributed by atoms with Gasteiger partial charge in [0, 0.05) is 38.4 Å². The maximum atomic E-state index is 12.3. The van der Waals surface area contributed by atoms with E-state index < -0.39 is 0 Å². The summed E-state index contributed by atoms with van der Waals surface area (Å²) >= 11 is 0. The van der Waals surface area contributed by atoms with E-state index in [1.807, 2.05) is 10.8 Å². The van der Waals surface area contributed by atoms with Gasteiger partial charge in [-0.15, -0.1) is 0 Å². The molecule has 23 heavy (non-hydrogen) atoms. The van der Waals surface area contributed by atoms with Crippen molar-refractivity contribution in [2.45, 2.75) is 51.7 Å². The van der Waals surface area contributed by atoms with Gasteiger partial charge in [-0.25, -0.2) is 14.5 Å². The van der Waals surface area contributed by atoms with E-state index in [0.717, 1.165) is 44.5 Å². The molecule has 1 amide bonds. The second-order valence-electron chi connectivity index (χ2n) is 5.82. The van der Waals surface area contributed by atoms with E-state index in [9.17, 15) is 9.59 Å². The van der Waals surface area contributed by atoms with Crippen LogP contribution in [0.15, 0.2) is 23.5 Å². The molecule has 0 bridgehead atoms. The van der Waals surface area contributed by atoms with Gasteiger partial charge in [-0.3, -0.25) is 9.36 Å².